The largest absolute Gasteiger partial charge is 0.525 e. The molecule has 110 valence electrons. The van der Waals surface area contributed by atoms with E-state index in [1.54, 1.807) is 6.92 Å². The molecule has 18 heavy (non-hydrogen) atoms. The van der Waals surface area contributed by atoms with E-state index in [0.29, 0.717) is 12.8 Å². The predicted octanol–water partition coefficient (Wildman–Crippen LogP) is 5.13. The molecule has 0 rings (SSSR count). The first kappa shape index (κ1) is 18.2. The summed E-state index contributed by atoms with van der Waals surface area (Å²) in [6, 6.07) is 0. The van der Waals surface area contributed by atoms with Crippen LogP contribution in [0.25, 0.3) is 0 Å². The molecule has 2 atom stereocenters. The Balaban J connectivity index is 4.79. The maximum atomic E-state index is 13.4. The lowest BCUT2D eigenvalue weighted by atomic mass is 10.1. The highest BCUT2D eigenvalue weighted by atomic mass is 127. The van der Waals surface area contributed by atoms with E-state index in [2.05, 4.69) is 4.74 Å². The van der Waals surface area contributed by atoms with E-state index >= 15 is 0 Å². The third-order valence-electron chi connectivity index (χ3n) is 2.06. The molecule has 0 saturated heterocycles. The minimum Gasteiger partial charge on any atom is -0.245 e. The van der Waals surface area contributed by atoms with Crippen molar-refractivity contribution < 1.29 is 35.5 Å². The van der Waals surface area contributed by atoms with E-state index in [1.165, 1.54) is 22.6 Å². The Morgan fingerprint density at radius 3 is 1.89 bits per heavy atom. The van der Waals surface area contributed by atoms with Crippen molar-refractivity contribution in [3.8, 4) is 0 Å². The Morgan fingerprint density at radius 2 is 1.56 bits per heavy atom. The Kier molecular flexibility index (Phi) is 6.65. The highest BCUT2D eigenvalue weighted by molar-refractivity contribution is 14.1. The van der Waals surface area contributed by atoms with Crippen molar-refractivity contribution >= 4 is 22.6 Å². The van der Waals surface area contributed by atoms with E-state index in [0.717, 1.165) is 0 Å². The second kappa shape index (κ2) is 6.58. The molecule has 0 amide bonds. The van der Waals surface area contributed by atoms with Gasteiger partial charge in [0.15, 0.2) is 0 Å². The molecule has 0 radical (unpaired) electrons. The number of unbranched alkanes of at least 4 members (excludes halogenated alkanes) is 1. The topological polar surface area (TPSA) is 9.23 Å². The molecule has 0 aromatic heterocycles. The van der Waals surface area contributed by atoms with Crippen molar-refractivity contribution in [3.05, 3.63) is 0 Å². The molecule has 1 nitrogen and oxygen atoms in total. The summed E-state index contributed by atoms with van der Waals surface area (Å²) >= 11 is 1.49. The highest BCUT2D eigenvalue weighted by Gasteiger charge is 2.62. The molecule has 0 aromatic carbocycles. The number of hydrogen-bond donors (Lipinski definition) is 0. The molecule has 0 bridgehead atoms. The van der Waals surface area contributed by atoms with Gasteiger partial charge in [0.25, 0.3) is 0 Å². The van der Waals surface area contributed by atoms with E-state index in [1.807, 2.05) is 0 Å². The zero-order chi connectivity index (χ0) is 14.6. The molecule has 0 aliphatic rings. The van der Waals surface area contributed by atoms with Gasteiger partial charge in [-0.1, -0.05) is 42.4 Å². The standard InChI is InChI=1S/C9H12F7IO/c1-2-3-4-6(17)5-7(10,8(11,12)13)18-9(14,15)16/h6H,2-5H2,1H3/t6-,7+/m1/s1. The van der Waals surface area contributed by atoms with Crippen LogP contribution in [0.4, 0.5) is 30.7 Å². The molecule has 0 aromatic rings. The van der Waals surface area contributed by atoms with Gasteiger partial charge in [-0.2, -0.15) is 13.2 Å². The van der Waals surface area contributed by atoms with Gasteiger partial charge in [0.2, 0.25) is 0 Å². The van der Waals surface area contributed by atoms with Gasteiger partial charge in [0.05, 0.1) is 0 Å². The second-order valence-electron chi connectivity index (χ2n) is 3.72. The van der Waals surface area contributed by atoms with Crippen LogP contribution < -0.4 is 0 Å². The lowest BCUT2D eigenvalue weighted by Crippen LogP contribution is -2.48. The van der Waals surface area contributed by atoms with E-state index < -0.39 is 28.7 Å². The van der Waals surface area contributed by atoms with E-state index in [9.17, 15) is 30.7 Å². The lowest BCUT2D eigenvalue weighted by molar-refractivity contribution is -0.448. The lowest BCUT2D eigenvalue weighted by Gasteiger charge is -2.30. The average Bonchev–Trinajstić information content (AvgIpc) is 2.09. The Morgan fingerprint density at radius 1 is 1.06 bits per heavy atom. The van der Waals surface area contributed by atoms with Crippen molar-refractivity contribution in [1.82, 2.24) is 0 Å². The minimum atomic E-state index is -5.72. The summed E-state index contributed by atoms with van der Waals surface area (Å²) in [4.78, 5) is 0. The summed E-state index contributed by atoms with van der Waals surface area (Å²) in [6.45, 7) is 1.77. The molecule has 0 aliphatic carbocycles. The Hall–Kier alpha value is 0.200. The van der Waals surface area contributed by atoms with Crippen molar-refractivity contribution in [2.45, 2.75) is 54.9 Å². The molecule has 0 spiro atoms. The van der Waals surface area contributed by atoms with E-state index in [-0.39, 0.29) is 6.42 Å². The van der Waals surface area contributed by atoms with Gasteiger partial charge in [-0.3, -0.25) is 0 Å². The van der Waals surface area contributed by atoms with Crippen molar-refractivity contribution in [2.75, 3.05) is 0 Å². The van der Waals surface area contributed by atoms with Gasteiger partial charge >= 0.3 is 18.4 Å². The van der Waals surface area contributed by atoms with Crippen LogP contribution in [0.3, 0.4) is 0 Å². The van der Waals surface area contributed by atoms with Gasteiger partial charge in [-0.25, -0.2) is 9.13 Å². The first-order chi connectivity index (χ1) is 7.91. The van der Waals surface area contributed by atoms with Gasteiger partial charge in [-0.05, 0) is 6.42 Å². The third-order valence-corrected chi connectivity index (χ3v) is 3.12. The molecule has 0 saturated carbocycles. The summed E-state index contributed by atoms with van der Waals surface area (Å²) in [5, 5.41) is 0. The van der Waals surface area contributed by atoms with Gasteiger partial charge in [0.1, 0.15) is 0 Å². The number of ether oxygens (including phenoxy) is 1. The zero-order valence-corrected chi connectivity index (χ0v) is 11.5. The quantitative estimate of drug-likeness (QED) is 0.344. The summed E-state index contributed by atoms with van der Waals surface area (Å²) in [5.74, 6) is -4.69. The Bertz CT molecular complexity index is 252. The number of hydrogen-bond acceptors (Lipinski definition) is 1. The van der Waals surface area contributed by atoms with Crippen LogP contribution in [0.2, 0.25) is 0 Å². The fourth-order valence-corrected chi connectivity index (χ4v) is 2.22. The van der Waals surface area contributed by atoms with Crippen LogP contribution in [0.1, 0.15) is 32.6 Å². The van der Waals surface area contributed by atoms with Gasteiger partial charge in [0, 0.05) is 10.3 Å². The molecular formula is C9H12F7IO. The van der Waals surface area contributed by atoms with Crippen molar-refractivity contribution in [2.24, 2.45) is 0 Å². The van der Waals surface area contributed by atoms with Crippen LogP contribution in [0.5, 0.6) is 0 Å². The molecule has 9 heteroatoms. The maximum absolute atomic E-state index is 13.4. The van der Waals surface area contributed by atoms with Crippen LogP contribution in [0.15, 0.2) is 0 Å². The zero-order valence-electron chi connectivity index (χ0n) is 9.34. The van der Waals surface area contributed by atoms with Crippen molar-refractivity contribution in [1.29, 1.82) is 0 Å². The number of rotatable bonds is 6. The summed E-state index contributed by atoms with van der Waals surface area (Å²) in [5.41, 5.74) is 0. The maximum Gasteiger partial charge on any atom is 0.525 e. The van der Waals surface area contributed by atoms with Crippen LogP contribution >= 0.6 is 22.6 Å². The molecule has 0 N–H and O–H groups in total. The SMILES string of the molecule is CCCC[C@@H](I)C[C@](F)(OC(F)(F)F)C(F)(F)F. The Labute approximate surface area is 113 Å². The van der Waals surface area contributed by atoms with Gasteiger partial charge in [-0.15, -0.1) is 13.2 Å². The predicted molar refractivity (Wildman–Crippen MR) is 59.0 cm³/mol. The summed E-state index contributed by atoms with van der Waals surface area (Å²) < 4.78 is 87.6. The van der Waals surface area contributed by atoms with Crippen LogP contribution in [-0.2, 0) is 4.74 Å². The monoisotopic (exact) mass is 396 g/mol. The fourth-order valence-electron chi connectivity index (χ4n) is 1.21. The molecule has 0 aliphatic heterocycles. The normalized spacial score (nSPS) is 18.5. The van der Waals surface area contributed by atoms with Crippen LogP contribution in [-0.4, -0.2) is 22.3 Å². The first-order valence-electron chi connectivity index (χ1n) is 5.08. The summed E-state index contributed by atoms with van der Waals surface area (Å²) in [7, 11) is 0. The smallest absolute Gasteiger partial charge is 0.245 e. The summed E-state index contributed by atoms with van der Waals surface area (Å²) in [6.07, 6.45) is -11.4. The van der Waals surface area contributed by atoms with E-state index in [4.69, 9.17) is 0 Å². The molecule has 0 heterocycles. The first-order valence-corrected chi connectivity index (χ1v) is 6.32. The third kappa shape index (κ3) is 6.39. The number of alkyl halides is 8. The average molecular weight is 396 g/mol. The molecule has 0 fully saturated rings. The van der Waals surface area contributed by atoms with Crippen LogP contribution in [0, 0.1) is 0 Å². The highest BCUT2D eigenvalue weighted by Crippen LogP contribution is 2.44. The van der Waals surface area contributed by atoms with Gasteiger partial charge < -0.3 is 0 Å². The van der Waals surface area contributed by atoms with Crippen molar-refractivity contribution in [3.63, 3.8) is 0 Å². The fraction of sp³-hybridized carbons (Fsp3) is 1.00. The number of halogens is 8. The molecule has 0 unspecified atom stereocenters. The molecular weight excluding hydrogens is 384 g/mol. The minimum absolute atomic E-state index is 0.194. The second-order valence-corrected chi connectivity index (χ2v) is 5.48.